The van der Waals surface area contributed by atoms with Gasteiger partial charge in [-0.1, -0.05) is 0 Å². The number of nitrogens with one attached hydrogen (secondary N) is 1. The Morgan fingerprint density at radius 2 is 2.16 bits per heavy atom. The lowest BCUT2D eigenvalue weighted by atomic mass is 10.3. The Labute approximate surface area is 117 Å². The van der Waals surface area contributed by atoms with E-state index in [-0.39, 0.29) is 6.54 Å². The summed E-state index contributed by atoms with van der Waals surface area (Å²) in [4.78, 5) is 16.2. The fourth-order valence-corrected chi connectivity index (χ4v) is 1.82. The molecule has 1 N–H and O–H groups in total. The van der Waals surface area contributed by atoms with Crippen LogP contribution in [0.3, 0.4) is 0 Å². The molecular formula is C11H13BrF3N3O. The SMILES string of the molecule is Cc1cc(Br)cnc1NCC(=O)N(C)CC(F)(F)F. The molecule has 0 spiro atoms. The zero-order chi connectivity index (χ0) is 14.6. The number of hydrogen-bond acceptors (Lipinski definition) is 3. The molecule has 1 heterocycles. The van der Waals surface area contributed by atoms with Crippen LogP contribution in [0.5, 0.6) is 0 Å². The molecule has 19 heavy (non-hydrogen) atoms. The normalized spacial score (nSPS) is 11.3. The van der Waals surface area contributed by atoms with E-state index in [4.69, 9.17) is 0 Å². The Kier molecular flexibility index (Phi) is 5.16. The topological polar surface area (TPSA) is 45.2 Å². The first-order valence-corrected chi connectivity index (χ1v) is 6.15. The molecule has 0 saturated carbocycles. The second kappa shape index (κ2) is 6.23. The lowest BCUT2D eigenvalue weighted by molar-refractivity contribution is -0.157. The predicted octanol–water partition coefficient (Wildman–Crippen LogP) is 2.59. The summed E-state index contributed by atoms with van der Waals surface area (Å²) in [6.45, 7) is 0.284. The van der Waals surface area contributed by atoms with Crippen molar-refractivity contribution in [2.75, 3.05) is 25.5 Å². The van der Waals surface area contributed by atoms with Crippen molar-refractivity contribution in [2.45, 2.75) is 13.1 Å². The van der Waals surface area contributed by atoms with E-state index in [1.54, 1.807) is 19.2 Å². The summed E-state index contributed by atoms with van der Waals surface area (Å²) in [7, 11) is 1.11. The molecule has 0 aliphatic rings. The first kappa shape index (κ1) is 15.7. The molecule has 1 aromatic heterocycles. The zero-order valence-corrected chi connectivity index (χ0v) is 12.0. The van der Waals surface area contributed by atoms with E-state index in [9.17, 15) is 18.0 Å². The molecule has 0 aliphatic heterocycles. The summed E-state index contributed by atoms with van der Waals surface area (Å²) >= 11 is 3.24. The molecule has 0 atom stereocenters. The first-order valence-electron chi connectivity index (χ1n) is 5.36. The molecule has 0 radical (unpaired) electrons. The van der Waals surface area contributed by atoms with Crippen molar-refractivity contribution in [3.63, 3.8) is 0 Å². The number of aryl methyl sites for hydroxylation is 1. The van der Waals surface area contributed by atoms with Gasteiger partial charge in [-0.15, -0.1) is 0 Å². The average Bonchev–Trinajstić information content (AvgIpc) is 2.25. The van der Waals surface area contributed by atoms with Crippen LogP contribution in [0.15, 0.2) is 16.7 Å². The molecule has 1 rings (SSSR count). The Bertz CT molecular complexity index is 465. The third-order valence-electron chi connectivity index (χ3n) is 2.29. The molecule has 106 valence electrons. The Morgan fingerprint density at radius 1 is 1.53 bits per heavy atom. The molecule has 8 heteroatoms. The van der Waals surface area contributed by atoms with Crippen molar-refractivity contribution >= 4 is 27.7 Å². The fourth-order valence-electron chi connectivity index (χ4n) is 1.38. The highest BCUT2D eigenvalue weighted by molar-refractivity contribution is 9.10. The number of hydrogen-bond donors (Lipinski definition) is 1. The van der Waals surface area contributed by atoms with Gasteiger partial charge < -0.3 is 10.2 Å². The van der Waals surface area contributed by atoms with Crippen LogP contribution in [0.2, 0.25) is 0 Å². The lowest BCUT2D eigenvalue weighted by Gasteiger charge is -2.19. The maximum atomic E-state index is 12.1. The minimum atomic E-state index is -4.39. The minimum absolute atomic E-state index is 0.234. The second-order valence-corrected chi connectivity index (χ2v) is 4.95. The van der Waals surface area contributed by atoms with Crippen molar-refractivity contribution in [1.29, 1.82) is 0 Å². The zero-order valence-electron chi connectivity index (χ0n) is 10.4. The van der Waals surface area contributed by atoms with E-state index in [1.807, 2.05) is 0 Å². The molecule has 0 fully saturated rings. The van der Waals surface area contributed by atoms with Crippen LogP contribution < -0.4 is 5.32 Å². The maximum absolute atomic E-state index is 12.1. The smallest absolute Gasteiger partial charge is 0.361 e. The fraction of sp³-hybridized carbons (Fsp3) is 0.455. The molecule has 0 bridgehead atoms. The monoisotopic (exact) mass is 339 g/mol. The van der Waals surface area contributed by atoms with Gasteiger partial charge in [-0.05, 0) is 34.5 Å². The summed E-state index contributed by atoms with van der Waals surface area (Å²) in [6.07, 6.45) is -2.85. The van der Waals surface area contributed by atoms with Crippen molar-refractivity contribution in [2.24, 2.45) is 0 Å². The van der Waals surface area contributed by atoms with Gasteiger partial charge in [0.1, 0.15) is 12.4 Å². The predicted molar refractivity (Wildman–Crippen MR) is 68.9 cm³/mol. The highest BCUT2D eigenvalue weighted by atomic mass is 79.9. The van der Waals surface area contributed by atoms with Crippen LogP contribution in [0.1, 0.15) is 5.56 Å². The van der Waals surface area contributed by atoms with Crippen molar-refractivity contribution in [3.05, 3.63) is 22.3 Å². The molecular weight excluding hydrogens is 327 g/mol. The number of carbonyl (C=O) groups excluding carboxylic acids is 1. The number of nitrogens with zero attached hydrogens (tertiary/aromatic N) is 2. The second-order valence-electron chi connectivity index (χ2n) is 4.04. The van der Waals surface area contributed by atoms with Gasteiger partial charge in [-0.2, -0.15) is 13.2 Å². The number of amides is 1. The number of likely N-dealkylation sites (N-methyl/N-ethyl adjacent to an activating group) is 1. The molecule has 0 saturated heterocycles. The summed E-state index contributed by atoms with van der Waals surface area (Å²) in [5, 5.41) is 2.72. The molecule has 4 nitrogen and oxygen atoms in total. The van der Waals surface area contributed by atoms with Crippen molar-refractivity contribution in [1.82, 2.24) is 9.88 Å². The number of aromatic nitrogens is 1. The minimum Gasteiger partial charge on any atom is -0.361 e. The Balaban J connectivity index is 2.54. The van der Waals surface area contributed by atoms with E-state index in [1.165, 1.54) is 0 Å². The van der Waals surface area contributed by atoms with Crippen LogP contribution in [-0.4, -0.2) is 42.1 Å². The first-order chi connectivity index (χ1) is 8.69. The summed E-state index contributed by atoms with van der Waals surface area (Å²) in [5.74, 6) is -0.182. The lowest BCUT2D eigenvalue weighted by Crippen LogP contribution is -2.39. The maximum Gasteiger partial charge on any atom is 0.406 e. The standard InChI is InChI=1S/C11H13BrF3N3O/c1-7-3-8(12)4-16-10(7)17-5-9(19)18(2)6-11(13,14)15/h3-4H,5-6H2,1-2H3,(H,16,17). The van der Waals surface area contributed by atoms with Gasteiger partial charge in [-0.3, -0.25) is 4.79 Å². The Morgan fingerprint density at radius 3 is 2.68 bits per heavy atom. The van der Waals surface area contributed by atoms with Gasteiger partial charge in [0.05, 0.1) is 6.54 Å². The van der Waals surface area contributed by atoms with Gasteiger partial charge in [0, 0.05) is 17.7 Å². The van der Waals surface area contributed by atoms with E-state index >= 15 is 0 Å². The summed E-state index contributed by atoms with van der Waals surface area (Å²) < 4.78 is 37.1. The number of pyridine rings is 1. The van der Waals surface area contributed by atoms with Gasteiger partial charge in [0.25, 0.3) is 0 Å². The number of rotatable bonds is 4. The van der Waals surface area contributed by atoms with Crippen molar-refractivity contribution < 1.29 is 18.0 Å². The van der Waals surface area contributed by atoms with E-state index in [0.717, 1.165) is 17.1 Å². The van der Waals surface area contributed by atoms with E-state index in [0.29, 0.717) is 10.7 Å². The third kappa shape index (κ3) is 5.46. The number of halogens is 4. The van der Waals surface area contributed by atoms with E-state index < -0.39 is 18.6 Å². The van der Waals surface area contributed by atoms with Gasteiger partial charge >= 0.3 is 6.18 Å². The molecule has 0 aliphatic carbocycles. The summed E-state index contributed by atoms with van der Waals surface area (Å²) in [5.41, 5.74) is 0.792. The Hall–Kier alpha value is -1.31. The van der Waals surface area contributed by atoms with Crippen LogP contribution in [-0.2, 0) is 4.79 Å². The number of alkyl halides is 3. The highest BCUT2D eigenvalue weighted by Crippen LogP contribution is 2.17. The highest BCUT2D eigenvalue weighted by Gasteiger charge is 2.31. The third-order valence-corrected chi connectivity index (χ3v) is 2.73. The molecule has 0 unspecified atom stereocenters. The molecule has 1 amide bonds. The van der Waals surface area contributed by atoms with Gasteiger partial charge in [-0.25, -0.2) is 4.98 Å². The molecule has 0 aromatic carbocycles. The number of anilines is 1. The van der Waals surface area contributed by atoms with Crippen LogP contribution in [0.25, 0.3) is 0 Å². The van der Waals surface area contributed by atoms with Crippen LogP contribution in [0.4, 0.5) is 19.0 Å². The number of carbonyl (C=O) groups is 1. The van der Waals surface area contributed by atoms with Crippen LogP contribution >= 0.6 is 15.9 Å². The average molecular weight is 340 g/mol. The summed E-state index contributed by atoms with van der Waals surface area (Å²) in [6, 6.07) is 1.79. The van der Waals surface area contributed by atoms with Crippen molar-refractivity contribution in [3.8, 4) is 0 Å². The van der Waals surface area contributed by atoms with Gasteiger partial charge in [0.15, 0.2) is 0 Å². The largest absolute Gasteiger partial charge is 0.406 e. The quantitative estimate of drug-likeness (QED) is 0.916. The molecule has 1 aromatic rings. The van der Waals surface area contributed by atoms with Gasteiger partial charge in [0.2, 0.25) is 5.91 Å². The van der Waals surface area contributed by atoms with Crippen LogP contribution in [0, 0.1) is 6.92 Å². The van der Waals surface area contributed by atoms with E-state index in [2.05, 4.69) is 26.2 Å².